The number of nitrogens with one attached hydrogen (secondary N) is 2. The van der Waals surface area contributed by atoms with Gasteiger partial charge >= 0.3 is 12.2 Å². The molecule has 2 saturated heterocycles. The molecule has 2 aliphatic heterocycles. The molecule has 0 spiro atoms. The predicted octanol–water partition coefficient (Wildman–Crippen LogP) is 4.60. The maximum Gasteiger partial charge on any atom is 0.419 e. The van der Waals surface area contributed by atoms with Crippen LogP contribution in [0, 0.1) is 17.1 Å². The molecule has 2 N–H and O–H groups in total. The van der Waals surface area contributed by atoms with Crippen LogP contribution in [0.2, 0.25) is 0 Å². The minimum absolute atomic E-state index is 0.143. The minimum Gasteiger partial charge on any atom is -0.346 e. The first-order valence-electron chi connectivity index (χ1n) is 13.0. The quantitative estimate of drug-likeness (QED) is 0.341. The Morgan fingerprint density at radius 3 is 2.71 bits per heavy atom. The van der Waals surface area contributed by atoms with E-state index in [1.807, 2.05) is 0 Å². The summed E-state index contributed by atoms with van der Waals surface area (Å²) in [7, 11) is 0. The van der Waals surface area contributed by atoms with Crippen molar-refractivity contribution in [2.75, 3.05) is 31.5 Å². The zero-order valence-electron chi connectivity index (χ0n) is 21.7. The lowest BCUT2D eigenvalue weighted by atomic mass is 9.84. The van der Waals surface area contributed by atoms with Crippen LogP contribution in [0.25, 0.3) is 22.2 Å². The Bertz CT molecular complexity index is 1630. The molecule has 14 heteroatoms. The van der Waals surface area contributed by atoms with Gasteiger partial charge in [0.05, 0.1) is 36.1 Å². The highest BCUT2D eigenvalue weighted by molar-refractivity contribution is 5.93. The van der Waals surface area contributed by atoms with Crippen LogP contribution in [0.15, 0.2) is 49.3 Å². The highest BCUT2D eigenvalue weighted by atomic mass is 19.4. The molecule has 2 aliphatic rings. The van der Waals surface area contributed by atoms with Crippen molar-refractivity contribution in [2.45, 2.75) is 37.0 Å². The van der Waals surface area contributed by atoms with Gasteiger partial charge in [-0.15, -0.1) is 0 Å². The first kappa shape index (κ1) is 26.7. The third-order valence-corrected chi connectivity index (χ3v) is 7.94. The van der Waals surface area contributed by atoms with Crippen molar-refractivity contribution in [3.05, 3.63) is 60.7 Å². The zero-order chi connectivity index (χ0) is 28.8. The Kier molecular flexibility index (Phi) is 6.61. The van der Waals surface area contributed by atoms with Crippen LogP contribution in [0.3, 0.4) is 0 Å². The van der Waals surface area contributed by atoms with Gasteiger partial charge < -0.3 is 15.2 Å². The molecule has 4 aromatic heterocycles. The van der Waals surface area contributed by atoms with Crippen LogP contribution in [0.4, 0.5) is 28.0 Å². The molecule has 41 heavy (non-hydrogen) atoms. The molecule has 0 aromatic carbocycles. The van der Waals surface area contributed by atoms with E-state index in [1.165, 1.54) is 17.3 Å². The number of alkyl halides is 3. The summed E-state index contributed by atoms with van der Waals surface area (Å²) in [5.74, 6) is -0.462. The number of nitriles is 1. The van der Waals surface area contributed by atoms with Crippen molar-refractivity contribution in [1.82, 2.24) is 34.5 Å². The van der Waals surface area contributed by atoms with Crippen molar-refractivity contribution in [3.63, 3.8) is 0 Å². The highest BCUT2D eigenvalue weighted by Gasteiger charge is 2.48. The molecule has 10 nitrogen and oxygen atoms in total. The fourth-order valence-corrected chi connectivity index (χ4v) is 5.80. The Balaban J connectivity index is 1.10. The summed E-state index contributed by atoms with van der Waals surface area (Å²) in [5.41, 5.74) is -0.345. The molecule has 0 radical (unpaired) electrons. The maximum atomic E-state index is 14.8. The number of likely N-dealkylation sites (tertiary alicyclic amines) is 2. The second-order valence-electron chi connectivity index (χ2n) is 10.4. The first-order valence-corrected chi connectivity index (χ1v) is 13.0. The number of amides is 2. The molecular formula is C27H25F4N9O. The Morgan fingerprint density at radius 1 is 1.20 bits per heavy atom. The third kappa shape index (κ3) is 4.86. The molecule has 4 aromatic rings. The predicted molar refractivity (Wildman–Crippen MR) is 140 cm³/mol. The topological polar surface area (TPSA) is 119 Å². The Labute approximate surface area is 231 Å². The number of aromatic amines is 1. The number of hydrogen-bond donors (Lipinski definition) is 2. The lowest BCUT2D eigenvalue weighted by Crippen LogP contribution is -2.66. The molecule has 6 rings (SSSR count). The number of pyridine rings is 2. The number of carbonyl (C=O) groups is 1. The van der Waals surface area contributed by atoms with Crippen LogP contribution in [0.5, 0.6) is 0 Å². The monoisotopic (exact) mass is 567 g/mol. The summed E-state index contributed by atoms with van der Waals surface area (Å²) in [4.78, 5) is 27.0. The Morgan fingerprint density at radius 2 is 1.98 bits per heavy atom. The van der Waals surface area contributed by atoms with Crippen LogP contribution in [0.1, 0.15) is 24.8 Å². The second kappa shape index (κ2) is 10.2. The summed E-state index contributed by atoms with van der Waals surface area (Å²) < 4.78 is 56.3. The van der Waals surface area contributed by atoms with E-state index in [1.54, 1.807) is 29.3 Å². The van der Waals surface area contributed by atoms with Gasteiger partial charge in [-0.25, -0.2) is 14.2 Å². The van der Waals surface area contributed by atoms with Crippen LogP contribution >= 0.6 is 0 Å². The molecule has 212 valence electrons. The van der Waals surface area contributed by atoms with Gasteiger partial charge in [0.15, 0.2) is 0 Å². The van der Waals surface area contributed by atoms with E-state index in [2.05, 4.69) is 36.3 Å². The number of aromatic nitrogens is 5. The number of piperidine rings is 1. The smallest absolute Gasteiger partial charge is 0.346 e. The lowest BCUT2D eigenvalue weighted by Gasteiger charge is -2.53. The molecule has 0 bridgehead atoms. The summed E-state index contributed by atoms with van der Waals surface area (Å²) in [6, 6.07) is 4.70. The summed E-state index contributed by atoms with van der Waals surface area (Å²) in [5, 5.41) is 17.1. The molecule has 6 heterocycles. The number of rotatable bonds is 5. The first-order chi connectivity index (χ1) is 19.7. The van der Waals surface area contributed by atoms with Gasteiger partial charge in [0.25, 0.3) is 0 Å². The largest absolute Gasteiger partial charge is 0.419 e. The number of carbonyl (C=O) groups excluding carboxylic acids is 1. The fraction of sp³-hybridized carbons (Fsp3) is 0.370. The zero-order valence-corrected chi connectivity index (χ0v) is 21.7. The number of urea groups is 1. The molecular weight excluding hydrogens is 542 g/mol. The van der Waals surface area contributed by atoms with Crippen LogP contribution in [-0.4, -0.2) is 72.8 Å². The molecule has 0 aliphatic carbocycles. The normalized spacial score (nSPS) is 17.8. The minimum atomic E-state index is -4.63. The summed E-state index contributed by atoms with van der Waals surface area (Å²) >= 11 is 0. The van der Waals surface area contributed by atoms with Gasteiger partial charge in [-0.2, -0.15) is 23.5 Å². The van der Waals surface area contributed by atoms with Crippen molar-refractivity contribution in [2.24, 2.45) is 0 Å². The van der Waals surface area contributed by atoms with Crippen LogP contribution < -0.4 is 5.32 Å². The summed E-state index contributed by atoms with van der Waals surface area (Å²) in [6.07, 6.45) is 4.97. The highest BCUT2D eigenvalue weighted by Crippen LogP contribution is 2.38. The second-order valence-corrected chi connectivity index (χ2v) is 10.4. The van der Waals surface area contributed by atoms with Crippen molar-refractivity contribution >= 4 is 22.8 Å². The molecule has 2 amide bonds. The number of H-pyrrole nitrogens is 1. The molecule has 0 unspecified atom stereocenters. The molecule has 0 saturated carbocycles. The SMILES string of the molecule is N#CCC1(n2cc(-c3c(F)cnc4[nH]ccc34)cn2)CN(C2CCN(C(=O)Nc3ccncc3C(F)(F)F)CC2)C1. The van der Waals surface area contributed by atoms with E-state index < -0.39 is 29.1 Å². The van der Waals surface area contributed by atoms with Gasteiger partial charge in [0.1, 0.15) is 17.0 Å². The third-order valence-electron chi connectivity index (χ3n) is 7.94. The van der Waals surface area contributed by atoms with Gasteiger partial charge in [0, 0.05) is 73.5 Å². The summed E-state index contributed by atoms with van der Waals surface area (Å²) in [6.45, 7) is 1.88. The van der Waals surface area contributed by atoms with Gasteiger partial charge in [-0.1, -0.05) is 0 Å². The van der Waals surface area contributed by atoms with Crippen molar-refractivity contribution in [1.29, 1.82) is 5.26 Å². The molecule has 0 atom stereocenters. The van der Waals surface area contributed by atoms with E-state index in [0.717, 1.165) is 6.07 Å². The Hall–Kier alpha value is -4.51. The van der Waals surface area contributed by atoms with Crippen molar-refractivity contribution < 1.29 is 22.4 Å². The van der Waals surface area contributed by atoms with Gasteiger partial charge in [0.2, 0.25) is 0 Å². The van der Waals surface area contributed by atoms with Crippen molar-refractivity contribution in [3.8, 4) is 17.2 Å². The number of fused-ring (bicyclic) bond motifs is 1. The fourth-order valence-electron chi connectivity index (χ4n) is 5.80. The van der Waals surface area contributed by atoms with E-state index in [4.69, 9.17) is 0 Å². The van der Waals surface area contributed by atoms with E-state index >= 15 is 0 Å². The average molecular weight is 568 g/mol. The van der Waals surface area contributed by atoms with Gasteiger partial charge in [-0.05, 0) is 25.0 Å². The molecule has 2 fully saturated rings. The maximum absolute atomic E-state index is 14.8. The number of nitrogens with zero attached hydrogens (tertiary/aromatic N) is 7. The lowest BCUT2D eigenvalue weighted by molar-refractivity contribution is -0.137. The van der Waals surface area contributed by atoms with Gasteiger partial charge in [-0.3, -0.25) is 14.6 Å². The number of halogens is 4. The number of hydrogen-bond acceptors (Lipinski definition) is 6. The van der Waals surface area contributed by atoms with E-state index in [9.17, 15) is 27.6 Å². The average Bonchev–Trinajstić information content (AvgIpc) is 3.61. The number of anilines is 1. The standard InChI is InChI=1S/C27H25F4N9O/c28-21-13-35-24-19(1-8-34-24)23(21)17-11-36-40(14-17)26(5-6-32)15-39(16-26)18-3-9-38(10-4-18)25(41)37-22-2-7-33-12-20(22)27(29,30)31/h1-2,7-8,11-14,18H,3-5,9-10,15-16H2,(H,34,35)(H,33,37,41). The van der Waals surface area contributed by atoms with E-state index in [-0.39, 0.29) is 18.2 Å². The van der Waals surface area contributed by atoms with Crippen LogP contribution in [-0.2, 0) is 11.7 Å². The van der Waals surface area contributed by atoms with E-state index in [0.29, 0.717) is 67.4 Å².